The molecule has 10 nitrogen and oxygen atoms in total. The van der Waals surface area contributed by atoms with Crippen molar-refractivity contribution in [2.24, 2.45) is 5.10 Å². The lowest BCUT2D eigenvalue weighted by Gasteiger charge is -2.20. The molecular weight excluding hydrogens is 358 g/mol. The van der Waals surface area contributed by atoms with Crippen molar-refractivity contribution in [1.29, 1.82) is 0 Å². The molecule has 0 aromatic heterocycles. The van der Waals surface area contributed by atoms with Crippen molar-refractivity contribution in [2.45, 2.75) is 0 Å². The van der Waals surface area contributed by atoms with Crippen molar-refractivity contribution in [3.8, 4) is 23.0 Å². The molecule has 10 heteroatoms. The van der Waals surface area contributed by atoms with Crippen molar-refractivity contribution in [2.75, 3.05) is 19.8 Å². The van der Waals surface area contributed by atoms with E-state index in [2.05, 4.69) is 10.5 Å². The van der Waals surface area contributed by atoms with E-state index in [1.807, 2.05) is 0 Å². The van der Waals surface area contributed by atoms with Crippen molar-refractivity contribution in [1.82, 2.24) is 5.43 Å². The summed E-state index contributed by atoms with van der Waals surface area (Å²) < 4.78 is 16.3. The van der Waals surface area contributed by atoms with Gasteiger partial charge in [0, 0.05) is 17.7 Å². The van der Waals surface area contributed by atoms with Gasteiger partial charge in [0.1, 0.15) is 19.0 Å². The summed E-state index contributed by atoms with van der Waals surface area (Å²) in [5.74, 6) is 0.566. The van der Waals surface area contributed by atoms with Crippen LogP contribution >= 0.6 is 0 Å². The standard InChI is InChI=1S/C17H15N3O7/c21-13-5-4-12(20(23)24)8-11(13)9-18-19-16(22)10-27-15-3-1-2-14-17(15)26-7-6-25-14/h1-5,8-9,21H,6-7,10H2,(H,19,22). The summed E-state index contributed by atoms with van der Waals surface area (Å²) in [6.07, 6.45) is 1.10. The van der Waals surface area contributed by atoms with Crippen LogP contribution in [0.3, 0.4) is 0 Å². The van der Waals surface area contributed by atoms with Gasteiger partial charge in [-0.05, 0) is 18.2 Å². The van der Waals surface area contributed by atoms with E-state index in [-0.39, 0.29) is 23.6 Å². The first-order chi connectivity index (χ1) is 13.0. The van der Waals surface area contributed by atoms with Crippen LogP contribution in [0, 0.1) is 10.1 Å². The number of hydrazone groups is 1. The zero-order chi connectivity index (χ0) is 19.2. The van der Waals surface area contributed by atoms with Crippen LogP contribution in [0.1, 0.15) is 5.56 Å². The van der Waals surface area contributed by atoms with Gasteiger partial charge in [0.25, 0.3) is 11.6 Å². The minimum Gasteiger partial charge on any atom is -0.507 e. The maximum Gasteiger partial charge on any atom is 0.277 e. The molecule has 0 spiro atoms. The Kier molecular flexibility index (Phi) is 5.36. The first-order valence-electron chi connectivity index (χ1n) is 7.85. The zero-order valence-electron chi connectivity index (χ0n) is 14.0. The van der Waals surface area contributed by atoms with E-state index >= 15 is 0 Å². The van der Waals surface area contributed by atoms with Crippen LogP contribution in [-0.2, 0) is 4.79 Å². The summed E-state index contributed by atoms with van der Waals surface area (Å²) in [7, 11) is 0. The van der Waals surface area contributed by atoms with E-state index in [0.717, 1.165) is 18.3 Å². The summed E-state index contributed by atoms with van der Waals surface area (Å²) >= 11 is 0. The van der Waals surface area contributed by atoms with Crippen LogP contribution in [0.5, 0.6) is 23.0 Å². The molecule has 2 aromatic rings. The Morgan fingerprint density at radius 1 is 1.33 bits per heavy atom. The topological polar surface area (TPSA) is 133 Å². The van der Waals surface area contributed by atoms with Crippen molar-refractivity contribution in [3.05, 3.63) is 52.1 Å². The number of carbonyl (C=O) groups excluding carboxylic acids is 1. The highest BCUT2D eigenvalue weighted by Crippen LogP contribution is 2.38. The molecule has 0 saturated carbocycles. The number of para-hydroxylation sites is 1. The predicted octanol–water partition coefficient (Wildman–Crippen LogP) is 1.60. The molecular formula is C17H15N3O7. The molecule has 1 aliphatic heterocycles. The van der Waals surface area contributed by atoms with E-state index in [1.165, 1.54) is 6.07 Å². The van der Waals surface area contributed by atoms with Gasteiger partial charge in [-0.15, -0.1) is 0 Å². The Morgan fingerprint density at radius 2 is 2.15 bits per heavy atom. The minimum absolute atomic E-state index is 0.0908. The summed E-state index contributed by atoms with van der Waals surface area (Å²) in [6, 6.07) is 8.55. The lowest BCUT2D eigenvalue weighted by molar-refractivity contribution is -0.384. The van der Waals surface area contributed by atoms with E-state index in [9.17, 15) is 20.0 Å². The fourth-order valence-corrected chi connectivity index (χ4v) is 2.27. The third kappa shape index (κ3) is 4.42. The molecule has 0 aliphatic carbocycles. The van der Waals surface area contributed by atoms with Crippen LogP contribution in [0.4, 0.5) is 5.69 Å². The number of aromatic hydroxyl groups is 1. The Bertz CT molecular complexity index is 898. The molecule has 0 saturated heterocycles. The highest BCUT2D eigenvalue weighted by molar-refractivity contribution is 5.86. The van der Waals surface area contributed by atoms with Crippen LogP contribution in [-0.4, -0.2) is 42.0 Å². The first-order valence-corrected chi connectivity index (χ1v) is 7.85. The molecule has 2 N–H and O–H groups in total. The van der Waals surface area contributed by atoms with Gasteiger partial charge in [-0.3, -0.25) is 14.9 Å². The second-order valence-electron chi connectivity index (χ2n) is 5.36. The summed E-state index contributed by atoms with van der Waals surface area (Å²) in [6.45, 7) is 0.491. The zero-order valence-corrected chi connectivity index (χ0v) is 14.0. The SMILES string of the molecule is O=C(COc1cccc2c1OCCO2)NN=Cc1cc([N+](=O)[O-])ccc1O. The molecule has 2 aromatic carbocycles. The van der Waals surface area contributed by atoms with Gasteiger partial charge >= 0.3 is 0 Å². The van der Waals surface area contributed by atoms with Gasteiger partial charge in [0.05, 0.1) is 11.1 Å². The number of hydrogen-bond donors (Lipinski definition) is 2. The number of ether oxygens (including phenoxy) is 3. The second-order valence-corrected chi connectivity index (χ2v) is 5.36. The Hall–Kier alpha value is -3.82. The monoisotopic (exact) mass is 373 g/mol. The van der Waals surface area contributed by atoms with E-state index in [1.54, 1.807) is 18.2 Å². The number of nitro groups is 1. The second kappa shape index (κ2) is 8.04. The summed E-state index contributed by atoms with van der Waals surface area (Å²) in [4.78, 5) is 22.0. The van der Waals surface area contributed by atoms with E-state index in [0.29, 0.717) is 30.5 Å². The molecule has 1 aliphatic rings. The van der Waals surface area contributed by atoms with Crippen molar-refractivity contribution < 1.29 is 29.0 Å². The number of amides is 1. The maximum atomic E-state index is 11.8. The minimum atomic E-state index is -0.602. The molecule has 3 rings (SSSR count). The third-order valence-electron chi connectivity index (χ3n) is 3.50. The summed E-state index contributed by atoms with van der Waals surface area (Å²) in [5.41, 5.74) is 2.09. The van der Waals surface area contributed by atoms with Gasteiger partial charge in [-0.1, -0.05) is 6.07 Å². The number of phenols is 1. The van der Waals surface area contributed by atoms with Crippen LogP contribution in [0.25, 0.3) is 0 Å². The van der Waals surface area contributed by atoms with Crippen molar-refractivity contribution >= 4 is 17.8 Å². The molecule has 0 bridgehead atoms. The molecule has 0 atom stereocenters. The number of nitrogens with zero attached hydrogens (tertiary/aromatic N) is 2. The van der Waals surface area contributed by atoms with E-state index < -0.39 is 10.8 Å². The molecule has 1 heterocycles. The van der Waals surface area contributed by atoms with Crippen molar-refractivity contribution in [3.63, 3.8) is 0 Å². The number of benzene rings is 2. The number of rotatable bonds is 6. The average Bonchev–Trinajstić information content (AvgIpc) is 2.67. The first kappa shape index (κ1) is 18.0. The van der Waals surface area contributed by atoms with E-state index in [4.69, 9.17) is 14.2 Å². The number of nitro benzene ring substituents is 1. The molecule has 1 amide bonds. The van der Waals surface area contributed by atoms with Crippen LogP contribution < -0.4 is 19.6 Å². The highest BCUT2D eigenvalue weighted by Gasteiger charge is 2.17. The molecule has 140 valence electrons. The average molecular weight is 373 g/mol. The molecule has 0 radical (unpaired) electrons. The van der Waals surface area contributed by atoms with Gasteiger partial charge in [0.2, 0.25) is 5.75 Å². The smallest absolute Gasteiger partial charge is 0.277 e. The third-order valence-corrected chi connectivity index (χ3v) is 3.50. The van der Waals surface area contributed by atoms with Gasteiger partial charge in [-0.25, -0.2) is 5.43 Å². The van der Waals surface area contributed by atoms with Gasteiger partial charge < -0.3 is 19.3 Å². The number of carbonyl (C=O) groups is 1. The number of non-ortho nitro benzene ring substituents is 1. The largest absolute Gasteiger partial charge is 0.507 e. The van der Waals surface area contributed by atoms with Gasteiger partial charge in [0.15, 0.2) is 18.1 Å². The Labute approximate surface area is 153 Å². The van der Waals surface area contributed by atoms with Crippen LogP contribution in [0.2, 0.25) is 0 Å². The maximum absolute atomic E-state index is 11.8. The lowest BCUT2D eigenvalue weighted by atomic mass is 10.2. The number of nitrogens with one attached hydrogen (secondary N) is 1. The lowest BCUT2D eigenvalue weighted by Crippen LogP contribution is -2.25. The van der Waals surface area contributed by atoms with Gasteiger partial charge in [-0.2, -0.15) is 5.10 Å². The molecule has 0 fully saturated rings. The molecule has 27 heavy (non-hydrogen) atoms. The molecule has 0 unspecified atom stereocenters. The normalized spacial score (nSPS) is 12.6. The number of hydrogen-bond acceptors (Lipinski definition) is 8. The predicted molar refractivity (Wildman–Crippen MR) is 93.4 cm³/mol. The number of fused-ring (bicyclic) bond motifs is 1. The Morgan fingerprint density at radius 3 is 2.96 bits per heavy atom. The highest BCUT2D eigenvalue weighted by atomic mass is 16.6. The fraction of sp³-hybridized carbons (Fsp3) is 0.176. The fourth-order valence-electron chi connectivity index (χ4n) is 2.27. The summed E-state index contributed by atoms with van der Waals surface area (Å²) in [5, 5.41) is 24.1. The quantitative estimate of drug-likeness (QED) is 0.446. The Balaban J connectivity index is 1.57. The number of phenolic OH excluding ortho intramolecular Hbond substituents is 1. The van der Waals surface area contributed by atoms with Crippen LogP contribution in [0.15, 0.2) is 41.5 Å².